The van der Waals surface area contributed by atoms with Gasteiger partial charge in [0.2, 0.25) is 5.88 Å². The smallest absolute Gasteiger partial charge is 0.330 e. The molecule has 5 heterocycles. The molecule has 0 radical (unpaired) electrons. The van der Waals surface area contributed by atoms with Gasteiger partial charge in [-0.2, -0.15) is 0 Å². The second kappa shape index (κ2) is 14.3. The average molecular weight is 786 g/mol. The first kappa shape index (κ1) is 37.0. The lowest BCUT2D eigenvalue weighted by atomic mass is 9.92. The molecule has 1 aliphatic carbocycles. The number of carbonyl (C=O) groups excluding carboxylic acids is 1. The number of nitrogens with one attached hydrogen (secondary N) is 2. The highest BCUT2D eigenvalue weighted by Gasteiger charge is 2.46. The summed E-state index contributed by atoms with van der Waals surface area (Å²) < 4.78 is 8.45. The quantitative estimate of drug-likeness (QED) is 0.184. The van der Waals surface area contributed by atoms with Gasteiger partial charge in [0.05, 0.1) is 46.2 Å². The Morgan fingerprint density at radius 2 is 1.71 bits per heavy atom. The number of benzene rings is 2. The molecule has 15 heteroatoms. The number of methoxy groups -OCH3 is 1. The predicted molar refractivity (Wildman–Crippen MR) is 214 cm³/mol. The Kier molecular flexibility index (Phi) is 9.61. The fourth-order valence-electron chi connectivity index (χ4n) is 8.58. The van der Waals surface area contributed by atoms with Crippen molar-refractivity contribution >= 4 is 51.6 Å². The summed E-state index contributed by atoms with van der Waals surface area (Å²) in [5, 5.41) is 17.0. The summed E-state index contributed by atoms with van der Waals surface area (Å²) in [6.07, 6.45) is 3.46. The molecule has 3 N–H and O–H groups in total. The first-order chi connectivity index (χ1) is 26.4. The molecule has 2 aliphatic heterocycles. The van der Waals surface area contributed by atoms with Crippen molar-refractivity contribution in [2.45, 2.75) is 44.2 Å². The first-order valence-corrected chi connectivity index (χ1v) is 19.1. The Morgan fingerprint density at radius 3 is 2.45 bits per heavy atom. The van der Waals surface area contributed by atoms with E-state index in [9.17, 15) is 19.5 Å². The monoisotopic (exact) mass is 784 g/mol. The van der Waals surface area contributed by atoms with Crippen LogP contribution >= 0.6 is 23.2 Å². The molecule has 2 fully saturated rings. The van der Waals surface area contributed by atoms with Crippen molar-refractivity contribution in [3.63, 3.8) is 0 Å². The fourth-order valence-corrected chi connectivity index (χ4v) is 9.18. The molecule has 0 bridgehead atoms. The topological polar surface area (TPSA) is 147 Å². The molecule has 2 amide bonds. The molecule has 2 saturated heterocycles. The Morgan fingerprint density at radius 1 is 0.982 bits per heavy atom. The van der Waals surface area contributed by atoms with E-state index in [0.29, 0.717) is 62.7 Å². The Bertz CT molecular complexity index is 2500. The van der Waals surface area contributed by atoms with Crippen molar-refractivity contribution in [1.82, 2.24) is 34.2 Å². The number of hydrogen-bond donors (Lipinski definition) is 3. The molecule has 8 rings (SSSR count). The van der Waals surface area contributed by atoms with Crippen LogP contribution < -0.4 is 26.6 Å². The van der Waals surface area contributed by atoms with Crippen LogP contribution in [0, 0.1) is 6.92 Å². The largest absolute Gasteiger partial charge is 0.481 e. The molecule has 2 atom stereocenters. The summed E-state index contributed by atoms with van der Waals surface area (Å²) >= 11 is 14.3. The Balaban J connectivity index is 1.10. The molecular weight excluding hydrogens is 743 g/mol. The number of rotatable bonds is 8. The Hall–Kier alpha value is -4.95. The van der Waals surface area contributed by atoms with Crippen LogP contribution in [0.3, 0.4) is 0 Å². The van der Waals surface area contributed by atoms with Gasteiger partial charge in [-0.15, -0.1) is 0 Å². The van der Waals surface area contributed by atoms with Crippen LogP contribution in [0.1, 0.15) is 42.1 Å². The number of β-amino-alcohol motifs (C(OH)–C–C–N with tert-alkyl or cyclic N) is 1. The van der Waals surface area contributed by atoms with Gasteiger partial charge in [0.15, 0.2) is 0 Å². The number of amides is 2. The van der Waals surface area contributed by atoms with Crippen molar-refractivity contribution in [3.05, 3.63) is 96.2 Å². The minimum Gasteiger partial charge on any atom is -0.481 e. The van der Waals surface area contributed by atoms with Crippen molar-refractivity contribution in [3.8, 4) is 28.3 Å². The summed E-state index contributed by atoms with van der Waals surface area (Å²) in [5.74, 6) is 0.847. The van der Waals surface area contributed by atoms with Gasteiger partial charge in [-0.3, -0.25) is 18.8 Å². The van der Waals surface area contributed by atoms with Crippen LogP contribution in [0.5, 0.6) is 5.88 Å². The standard InChI is InChI=1S/C40H42Cl2N8O5/c1-22-19-30-32(37(52)48(3)39(54)47(30)2)35(43-22)44-27-10-6-8-25(34(27)42)24-7-5-9-26(33(24)41)28-20-23-11-12-29(31(23)36(45-28)55-4)50-16-14-40(21-50)13-15-49(17-18-51)38(53)46-40/h5-10,19-20,29,51H,11-18,21H2,1-4H3,(H,43,44)(H,46,53)/t29-,40+/m1/s1. The van der Waals surface area contributed by atoms with Gasteiger partial charge in [-0.05, 0) is 56.4 Å². The van der Waals surface area contributed by atoms with Gasteiger partial charge in [0.1, 0.15) is 11.2 Å². The highest BCUT2D eigenvalue weighted by Crippen LogP contribution is 2.47. The second-order valence-electron chi connectivity index (χ2n) is 14.7. The van der Waals surface area contributed by atoms with Crippen molar-refractivity contribution < 1.29 is 14.6 Å². The maximum Gasteiger partial charge on any atom is 0.330 e. The number of ether oxygens (including phenoxy) is 1. The van der Waals surface area contributed by atoms with E-state index < -0.39 is 11.2 Å². The lowest BCUT2D eigenvalue weighted by Gasteiger charge is -2.40. The molecule has 3 aliphatic rings. The van der Waals surface area contributed by atoms with Gasteiger partial charge in [-0.25, -0.2) is 19.6 Å². The summed E-state index contributed by atoms with van der Waals surface area (Å²) in [4.78, 5) is 52.5. The molecule has 0 saturated carbocycles. The average Bonchev–Trinajstić information content (AvgIpc) is 3.79. The van der Waals surface area contributed by atoms with E-state index in [1.54, 1.807) is 38.1 Å². The molecule has 55 heavy (non-hydrogen) atoms. The minimum absolute atomic E-state index is 0.0475. The number of hydrogen-bond acceptors (Lipinski definition) is 9. The van der Waals surface area contributed by atoms with Crippen LogP contribution in [-0.2, 0) is 20.5 Å². The molecule has 1 spiro atoms. The number of aromatic nitrogens is 4. The second-order valence-corrected chi connectivity index (χ2v) is 15.5. The van der Waals surface area contributed by atoms with Crippen molar-refractivity contribution in [2.75, 3.05) is 45.2 Å². The third kappa shape index (κ3) is 6.32. The van der Waals surface area contributed by atoms with E-state index in [1.807, 2.05) is 30.3 Å². The number of fused-ring (bicyclic) bond motifs is 2. The zero-order valence-electron chi connectivity index (χ0n) is 31.1. The number of nitrogens with zero attached hydrogens (tertiary/aromatic N) is 6. The summed E-state index contributed by atoms with van der Waals surface area (Å²) in [6.45, 7) is 4.32. The Labute approximate surface area is 327 Å². The van der Waals surface area contributed by atoms with E-state index in [2.05, 4.69) is 26.6 Å². The fraction of sp³-hybridized carbons (Fsp3) is 0.375. The van der Waals surface area contributed by atoms with E-state index in [4.69, 9.17) is 32.9 Å². The molecular formula is C40H42Cl2N8O5. The normalized spacial score (nSPS) is 19.7. The van der Waals surface area contributed by atoms with E-state index in [-0.39, 0.29) is 35.4 Å². The summed E-state index contributed by atoms with van der Waals surface area (Å²) in [6, 6.07) is 15.1. The maximum absolute atomic E-state index is 13.3. The zero-order chi connectivity index (χ0) is 38.8. The number of likely N-dealkylation sites (tertiary alicyclic amines) is 1. The van der Waals surface area contributed by atoms with Crippen molar-refractivity contribution in [2.24, 2.45) is 14.1 Å². The maximum atomic E-state index is 13.3. The number of urea groups is 1. The summed E-state index contributed by atoms with van der Waals surface area (Å²) in [5.41, 5.74) is 5.43. The zero-order valence-corrected chi connectivity index (χ0v) is 32.6. The number of aliphatic hydroxyl groups is 1. The van der Waals surface area contributed by atoms with Crippen molar-refractivity contribution in [1.29, 1.82) is 0 Å². The number of anilines is 2. The molecule has 286 valence electrons. The molecule has 2 aromatic carbocycles. The van der Waals surface area contributed by atoms with E-state index in [0.717, 1.165) is 60.0 Å². The van der Waals surface area contributed by atoms with Crippen LogP contribution in [0.25, 0.3) is 33.3 Å². The van der Waals surface area contributed by atoms with Crippen LogP contribution in [0.15, 0.2) is 58.1 Å². The van der Waals surface area contributed by atoms with Crippen LogP contribution in [0.4, 0.5) is 16.3 Å². The molecule has 0 unspecified atom stereocenters. The lowest BCUT2D eigenvalue weighted by molar-refractivity contribution is 0.127. The summed E-state index contributed by atoms with van der Waals surface area (Å²) in [7, 11) is 4.70. The highest BCUT2D eigenvalue weighted by molar-refractivity contribution is 6.39. The number of pyridine rings is 2. The number of aliphatic hydroxyl groups excluding tert-OH is 1. The number of aryl methyl sites for hydroxylation is 3. The van der Waals surface area contributed by atoms with Gasteiger partial charge in [0.25, 0.3) is 5.56 Å². The number of carbonyl (C=O) groups is 1. The van der Waals surface area contributed by atoms with Crippen LogP contribution in [-0.4, -0.2) is 85.5 Å². The lowest BCUT2D eigenvalue weighted by Crippen LogP contribution is -2.61. The van der Waals surface area contributed by atoms with Gasteiger partial charge < -0.3 is 25.4 Å². The van der Waals surface area contributed by atoms with Gasteiger partial charge in [0, 0.05) is 74.3 Å². The minimum atomic E-state index is -0.465. The third-order valence-corrected chi connectivity index (χ3v) is 12.2. The van der Waals surface area contributed by atoms with Crippen LogP contribution in [0.2, 0.25) is 10.0 Å². The van der Waals surface area contributed by atoms with Gasteiger partial charge >= 0.3 is 11.7 Å². The molecule has 5 aromatic rings. The van der Waals surface area contributed by atoms with E-state index >= 15 is 0 Å². The third-order valence-electron chi connectivity index (χ3n) is 11.4. The van der Waals surface area contributed by atoms with Gasteiger partial charge in [-0.1, -0.05) is 53.5 Å². The van der Waals surface area contributed by atoms with E-state index in [1.165, 1.54) is 11.6 Å². The number of halogens is 2. The first-order valence-electron chi connectivity index (χ1n) is 18.4. The molecule has 13 nitrogen and oxygen atoms in total. The predicted octanol–water partition coefficient (Wildman–Crippen LogP) is 5.57. The SMILES string of the molecule is COc1nc(-c2cccc(-c3cccc(Nc4nc(C)cc5c4c(=O)n(C)c(=O)n5C)c3Cl)c2Cl)cc2c1[C@H](N1CC[C@@]3(CCN(CCO)C(=O)N3)C1)CC2. The highest BCUT2D eigenvalue weighted by atomic mass is 35.5. The molecule has 3 aromatic heterocycles.